The lowest BCUT2D eigenvalue weighted by Gasteiger charge is -2.34. The van der Waals surface area contributed by atoms with E-state index in [-0.39, 0.29) is 12.5 Å². The molecule has 20 heavy (non-hydrogen) atoms. The number of rotatable bonds is 4. The van der Waals surface area contributed by atoms with Crippen LogP contribution >= 0.6 is 11.3 Å². The largest absolute Gasteiger partial charge is 0.481 e. The highest BCUT2D eigenvalue weighted by atomic mass is 32.1. The van der Waals surface area contributed by atoms with Crippen molar-refractivity contribution in [1.82, 2.24) is 4.90 Å². The minimum atomic E-state index is -0.683. The first-order valence-electron chi connectivity index (χ1n) is 7.15. The van der Waals surface area contributed by atoms with Crippen LogP contribution in [-0.4, -0.2) is 28.6 Å². The number of benzene rings is 1. The molecule has 3 rings (SSSR count). The Balaban J connectivity index is 1.79. The number of thiophene rings is 1. The van der Waals surface area contributed by atoms with Crippen LogP contribution in [0.5, 0.6) is 0 Å². The van der Waals surface area contributed by atoms with Crippen molar-refractivity contribution in [2.45, 2.75) is 38.3 Å². The van der Waals surface area contributed by atoms with Crippen molar-refractivity contribution >= 4 is 27.4 Å². The summed E-state index contributed by atoms with van der Waals surface area (Å²) in [5, 5.41) is 12.6. The van der Waals surface area contributed by atoms with E-state index in [4.69, 9.17) is 5.11 Å². The second-order valence-electron chi connectivity index (χ2n) is 5.48. The van der Waals surface area contributed by atoms with Crippen LogP contribution in [0.2, 0.25) is 0 Å². The predicted octanol–water partition coefficient (Wildman–Crippen LogP) is 3.73. The number of carboxylic acid groups (broad SMARTS) is 1. The van der Waals surface area contributed by atoms with Crippen LogP contribution in [0, 0.1) is 0 Å². The fraction of sp³-hybridized carbons (Fsp3) is 0.438. The van der Waals surface area contributed by atoms with Gasteiger partial charge in [0.25, 0.3) is 0 Å². The van der Waals surface area contributed by atoms with E-state index in [1.54, 1.807) is 11.3 Å². The molecule has 1 fully saturated rings. The summed E-state index contributed by atoms with van der Waals surface area (Å²) in [6, 6.07) is 8.64. The van der Waals surface area contributed by atoms with E-state index < -0.39 is 5.97 Å². The third kappa shape index (κ3) is 2.86. The average molecular weight is 289 g/mol. The van der Waals surface area contributed by atoms with Gasteiger partial charge in [0.1, 0.15) is 0 Å². The van der Waals surface area contributed by atoms with E-state index in [1.807, 2.05) is 0 Å². The van der Waals surface area contributed by atoms with Gasteiger partial charge in [0, 0.05) is 17.3 Å². The Hall–Kier alpha value is -1.39. The molecule has 1 aliphatic heterocycles. The Morgan fingerprint density at radius 3 is 3.05 bits per heavy atom. The molecular formula is C16H19NO2S. The molecule has 1 aliphatic rings. The summed E-state index contributed by atoms with van der Waals surface area (Å²) < 4.78 is 1.31. The van der Waals surface area contributed by atoms with Crippen LogP contribution in [0.4, 0.5) is 0 Å². The molecule has 2 heterocycles. The highest BCUT2D eigenvalue weighted by Gasteiger charge is 2.25. The summed E-state index contributed by atoms with van der Waals surface area (Å²) in [6.07, 6.45) is 3.60. The highest BCUT2D eigenvalue weighted by Crippen LogP contribution is 2.29. The standard InChI is InChI=1S/C16H19NO2S/c18-16(19)9-13-5-3-4-8-17(13)10-12-11-20-15-7-2-1-6-14(12)15/h1-2,6-7,11,13H,3-5,8-10H2,(H,18,19). The summed E-state index contributed by atoms with van der Waals surface area (Å²) >= 11 is 1.77. The van der Waals surface area contributed by atoms with Crippen LogP contribution < -0.4 is 0 Å². The average Bonchev–Trinajstić information content (AvgIpc) is 2.84. The Morgan fingerprint density at radius 1 is 1.35 bits per heavy atom. The van der Waals surface area contributed by atoms with E-state index in [2.05, 4.69) is 34.5 Å². The molecule has 3 nitrogen and oxygen atoms in total. The second kappa shape index (κ2) is 5.94. The summed E-state index contributed by atoms with van der Waals surface area (Å²) in [6.45, 7) is 1.89. The van der Waals surface area contributed by atoms with Crippen LogP contribution in [-0.2, 0) is 11.3 Å². The van der Waals surface area contributed by atoms with E-state index >= 15 is 0 Å². The maximum atomic E-state index is 11.0. The van der Waals surface area contributed by atoms with E-state index in [9.17, 15) is 4.79 Å². The first-order chi connectivity index (χ1) is 9.74. The second-order valence-corrected chi connectivity index (χ2v) is 6.39. The summed E-state index contributed by atoms with van der Waals surface area (Å²) in [5.41, 5.74) is 1.34. The number of aliphatic carboxylic acids is 1. The molecule has 2 aromatic rings. The Bertz CT molecular complexity index is 607. The maximum absolute atomic E-state index is 11.0. The molecule has 1 aromatic carbocycles. The molecule has 0 bridgehead atoms. The van der Waals surface area contributed by atoms with Gasteiger partial charge in [-0.3, -0.25) is 9.69 Å². The minimum Gasteiger partial charge on any atom is -0.481 e. The molecule has 1 saturated heterocycles. The number of nitrogens with zero attached hydrogens (tertiary/aromatic N) is 1. The lowest BCUT2D eigenvalue weighted by atomic mass is 9.98. The van der Waals surface area contributed by atoms with Gasteiger partial charge in [-0.1, -0.05) is 24.6 Å². The van der Waals surface area contributed by atoms with Crippen molar-refractivity contribution in [2.75, 3.05) is 6.54 Å². The molecule has 0 radical (unpaired) electrons. The third-order valence-corrected chi connectivity index (χ3v) is 5.11. The van der Waals surface area contributed by atoms with Crippen LogP contribution in [0.3, 0.4) is 0 Å². The topological polar surface area (TPSA) is 40.5 Å². The smallest absolute Gasteiger partial charge is 0.304 e. The first-order valence-corrected chi connectivity index (χ1v) is 8.03. The molecule has 1 aromatic heterocycles. The summed E-state index contributed by atoms with van der Waals surface area (Å²) in [7, 11) is 0. The van der Waals surface area contributed by atoms with Crippen molar-refractivity contribution < 1.29 is 9.90 Å². The van der Waals surface area contributed by atoms with Gasteiger partial charge < -0.3 is 5.11 Å². The number of piperidine rings is 1. The third-order valence-electron chi connectivity index (χ3n) is 4.09. The van der Waals surface area contributed by atoms with Crippen LogP contribution in [0.1, 0.15) is 31.2 Å². The Labute approximate surface area is 122 Å². The fourth-order valence-electron chi connectivity index (χ4n) is 3.07. The molecule has 4 heteroatoms. The number of likely N-dealkylation sites (tertiary alicyclic amines) is 1. The normalized spacial score (nSPS) is 20.3. The van der Waals surface area contributed by atoms with E-state index in [0.717, 1.165) is 25.9 Å². The zero-order chi connectivity index (χ0) is 13.9. The van der Waals surface area contributed by atoms with Gasteiger partial charge in [-0.25, -0.2) is 0 Å². The zero-order valence-electron chi connectivity index (χ0n) is 11.4. The lowest BCUT2D eigenvalue weighted by molar-refractivity contribution is -0.138. The molecule has 1 N–H and O–H groups in total. The van der Waals surface area contributed by atoms with Gasteiger partial charge in [-0.15, -0.1) is 11.3 Å². The molecule has 1 atom stereocenters. The van der Waals surface area contributed by atoms with Crippen molar-refractivity contribution in [1.29, 1.82) is 0 Å². The van der Waals surface area contributed by atoms with Gasteiger partial charge >= 0.3 is 5.97 Å². The summed E-state index contributed by atoms with van der Waals surface area (Å²) in [4.78, 5) is 13.4. The van der Waals surface area contributed by atoms with Gasteiger partial charge in [0.15, 0.2) is 0 Å². The maximum Gasteiger partial charge on any atom is 0.304 e. The number of carboxylic acids is 1. The monoisotopic (exact) mass is 289 g/mol. The number of hydrogen-bond donors (Lipinski definition) is 1. The molecule has 0 saturated carbocycles. The molecule has 0 amide bonds. The lowest BCUT2D eigenvalue weighted by Crippen LogP contribution is -2.40. The number of fused-ring (bicyclic) bond motifs is 1. The van der Waals surface area contributed by atoms with Gasteiger partial charge in [-0.05, 0) is 41.8 Å². The van der Waals surface area contributed by atoms with Crippen molar-refractivity contribution in [3.8, 4) is 0 Å². The molecule has 0 spiro atoms. The Morgan fingerprint density at radius 2 is 2.20 bits per heavy atom. The quantitative estimate of drug-likeness (QED) is 0.932. The van der Waals surface area contributed by atoms with E-state index in [0.29, 0.717) is 0 Å². The van der Waals surface area contributed by atoms with Gasteiger partial charge in [0.05, 0.1) is 6.42 Å². The number of carbonyl (C=O) groups is 1. The molecular weight excluding hydrogens is 270 g/mol. The first kappa shape index (κ1) is 13.6. The van der Waals surface area contributed by atoms with Gasteiger partial charge in [0.2, 0.25) is 0 Å². The van der Waals surface area contributed by atoms with Crippen molar-refractivity contribution in [3.63, 3.8) is 0 Å². The van der Waals surface area contributed by atoms with Crippen LogP contribution in [0.15, 0.2) is 29.6 Å². The highest BCUT2D eigenvalue weighted by molar-refractivity contribution is 7.17. The van der Waals surface area contributed by atoms with E-state index in [1.165, 1.54) is 22.1 Å². The van der Waals surface area contributed by atoms with Crippen molar-refractivity contribution in [2.24, 2.45) is 0 Å². The van der Waals surface area contributed by atoms with Crippen LogP contribution in [0.25, 0.3) is 10.1 Å². The zero-order valence-corrected chi connectivity index (χ0v) is 12.2. The molecule has 0 aliphatic carbocycles. The predicted molar refractivity (Wildman–Crippen MR) is 82.1 cm³/mol. The fourth-order valence-corrected chi connectivity index (χ4v) is 4.03. The SMILES string of the molecule is O=C(O)CC1CCCCN1Cc1csc2ccccc12. The number of hydrogen-bond acceptors (Lipinski definition) is 3. The van der Waals surface area contributed by atoms with Gasteiger partial charge in [-0.2, -0.15) is 0 Å². The Kier molecular flexibility index (Phi) is 4.03. The minimum absolute atomic E-state index is 0.194. The molecule has 106 valence electrons. The molecule has 1 unspecified atom stereocenters. The van der Waals surface area contributed by atoms with Crippen molar-refractivity contribution in [3.05, 3.63) is 35.2 Å². The summed E-state index contributed by atoms with van der Waals surface area (Å²) in [5.74, 6) is -0.683.